The quantitative estimate of drug-likeness (QED) is 0.679. The molecule has 0 spiro atoms. The first kappa shape index (κ1) is 16.9. The highest BCUT2D eigenvalue weighted by Crippen LogP contribution is 2.27. The van der Waals surface area contributed by atoms with Gasteiger partial charge < -0.3 is 10.1 Å². The Morgan fingerprint density at radius 3 is 2.76 bits per heavy atom. The largest absolute Gasteiger partial charge is 0.377 e. The number of ether oxygens (including phenoxy) is 1. The van der Waals surface area contributed by atoms with Crippen molar-refractivity contribution in [3.8, 4) is 0 Å². The van der Waals surface area contributed by atoms with Crippen LogP contribution < -0.4 is 10.0 Å². The molecular formula is C14H24N2O3S2. The molecule has 0 amide bonds. The maximum atomic E-state index is 12.2. The smallest absolute Gasteiger partial charge is 0.250 e. The van der Waals surface area contributed by atoms with Crippen LogP contribution in [0.1, 0.15) is 37.1 Å². The fourth-order valence-corrected chi connectivity index (χ4v) is 4.46. The second-order valence-corrected chi connectivity index (χ2v) is 8.77. The Bertz CT molecular complexity index is 563. The summed E-state index contributed by atoms with van der Waals surface area (Å²) in [7, 11) is -3.42. The van der Waals surface area contributed by atoms with E-state index in [9.17, 15) is 8.42 Å². The molecule has 0 aliphatic heterocycles. The van der Waals surface area contributed by atoms with E-state index < -0.39 is 10.0 Å². The fourth-order valence-electron chi connectivity index (χ4n) is 1.86. The average Bonchev–Trinajstić information content (AvgIpc) is 3.15. The molecule has 0 atom stereocenters. The highest BCUT2D eigenvalue weighted by atomic mass is 32.2. The van der Waals surface area contributed by atoms with Gasteiger partial charge in [-0.1, -0.05) is 0 Å². The monoisotopic (exact) mass is 332 g/mol. The Kier molecular flexibility index (Phi) is 5.79. The van der Waals surface area contributed by atoms with Crippen molar-refractivity contribution >= 4 is 21.4 Å². The molecule has 2 rings (SSSR count). The molecule has 1 saturated carbocycles. The van der Waals surface area contributed by atoms with Crippen LogP contribution in [0.2, 0.25) is 0 Å². The van der Waals surface area contributed by atoms with Gasteiger partial charge in [0.25, 0.3) is 0 Å². The van der Waals surface area contributed by atoms with Gasteiger partial charge in [0.2, 0.25) is 10.0 Å². The van der Waals surface area contributed by atoms with E-state index in [2.05, 4.69) is 10.0 Å². The molecule has 0 aromatic carbocycles. The highest BCUT2D eigenvalue weighted by Gasteiger charge is 2.22. The number of thiophene rings is 1. The topological polar surface area (TPSA) is 67.4 Å². The van der Waals surface area contributed by atoms with E-state index in [1.807, 2.05) is 20.8 Å². The Morgan fingerprint density at radius 1 is 1.43 bits per heavy atom. The second kappa shape index (κ2) is 7.19. The van der Waals surface area contributed by atoms with Crippen molar-refractivity contribution in [3.05, 3.63) is 16.5 Å². The maximum absolute atomic E-state index is 12.2. The van der Waals surface area contributed by atoms with Crippen molar-refractivity contribution in [2.45, 2.75) is 56.5 Å². The SMILES string of the molecule is Cc1cc(S(=O)(=O)NCCOC(C)C)sc1CNC1CC1. The number of nitrogens with one attached hydrogen (secondary N) is 2. The zero-order valence-corrected chi connectivity index (χ0v) is 14.4. The Morgan fingerprint density at radius 2 is 2.14 bits per heavy atom. The maximum Gasteiger partial charge on any atom is 0.250 e. The molecule has 0 unspecified atom stereocenters. The predicted molar refractivity (Wildman–Crippen MR) is 85.2 cm³/mol. The van der Waals surface area contributed by atoms with Crippen LogP contribution in [0.15, 0.2) is 10.3 Å². The summed E-state index contributed by atoms with van der Waals surface area (Å²) >= 11 is 1.35. The summed E-state index contributed by atoms with van der Waals surface area (Å²) in [6.45, 7) is 7.26. The second-order valence-electron chi connectivity index (χ2n) is 5.64. The van der Waals surface area contributed by atoms with Gasteiger partial charge in [0, 0.05) is 24.0 Å². The van der Waals surface area contributed by atoms with E-state index >= 15 is 0 Å². The summed E-state index contributed by atoms with van der Waals surface area (Å²) in [4.78, 5) is 1.10. The van der Waals surface area contributed by atoms with E-state index in [1.165, 1.54) is 24.2 Å². The van der Waals surface area contributed by atoms with Crippen LogP contribution in [0.4, 0.5) is 0 Å². The van der Waals surface area contributed by atoms with E-state index in [4.69, 9.17) is 4.74 Å². The molecule has 1 aromatic heterocycles. The Hall–Kier alpha value is -0.470. The first-order chi connectivity index (χ1) is 9.88. The fraction of sp³-hybridized carbons (Fsp3) is 0.714. The summed E-state index contributed by atoms with van der Waals surface area (Å²) in [5, 5.41) is 3.42. The van der Waals surface area contributed by atoms with E-state index in [0.717, 1.165) is 17.0 Å². The van der Waals surface area contributed by atoms with Crippen LogP contribution >= 0.6 is 11.3 Å². The van der Waals surface area contributed by atoms with Gasteiger partial charge in [0.15, 0.2) is 0 Å². The normalized spacial score (nSPS) is 15.8. The standard InChI is InChI=1S/C14H24N2O3S2/c1-10(2)19-7-6-16-21(17,18)14-8-11(3)13(20-14)9-15-12-4-5-12/h8,10,12,15-16H,4-7,9H2,1-3H3. The van der Waals surface area contributed by atoms with Crippen molar-refractivity contribution in [2.24, 2.45) is 0 Å². The minimum absolute atomic E-state index is 0.110. The molecule has 1 aromatic rings. The van der Waals surface area contributed by atoms with Crippen molar-refractivity contribution < 1.29 is 13.2 Å². The minimum atomic E-state index is -3.42. The van der Waals surface area contributed by atoms with Crippen molar-refractivity contribution in [1.29, 1.82) is 0 Å². The summed E-state index contributed by atoms with van der Waals surface area (Å²) in [6.07, 6.45) is 2.57. The van der Waals surface area contributed by atoms with Crippen molar-refractivity contribution in [1.82, 2.24) is 10.0 Å². The lowest BCUT2D eigenvalue weighted by Crippen LogP contribution is -2.27. The molecule has 7 heteroatoms. The molecule has 1 heterocycles. The summed E-state index contributed by atoms with van der Waals surface area (Å²) in [5.74, 6) is 0. The third-order valence-corrected chi connectivity index (χ3v) is 6.41. The minimum Gasteiger partial charge on any atom is -0.377 e. The van der Waals surface area contributed by atoms with Gasteiger partial charge in [-0.3, -0.25) is 0 Å². The molecule has 0 radical (unpaired) electrons. The van der Waals surface area contributed by atoms with Gasteiger partial charge in [-0.15, -0.1) is 11.3 Å². The van der Waals surface area contributed by atoms with E-state index in [-0.39, 0.29) is 6.10 Å². The highest BCUT2D eigenvalue weighted by molar-refractivity contribution is 7.91. The van der Waals surface area contributed by atoms with E-state index in [1.54, 1.807) is 6.07 Å². The van der Waals surface area contributed by atoms with E-state index in [0.29, 0.717) is 23.4 Å². The van der Waals surface area contributed by atoms with Crippen LogP contribution in [-0.2, 0) is 21.3 Å². The van der Waals surface area contributed by atoms with Crippen LogP contribution in [0.25, 0.3) is 0 Å². The molecule has 120 valence electrons. The predicted octanol–water partition coefficient (Wildman–Crippen LogP) is 2.01. The van der Waals surface area contributed by atoms with Gasteiger partial charge in [-0.2, -0.15) is 0 Å². The molecule has 1 fully saturated rings. The third-order valence-electron chi connectivity index (χ3n) is 3.24. The molecule has 0 bridgehead atoms. The lowest BCUT2D eigenvalue weighted by Gasteiger charge is -2.08. The number of rotatable bonds is 9. The molecule has 5 nitrogen and oxygen atoms in total. The van der Waals surface area contributed by atoms with Crippen molar-refractivity contribution in [2.75, 3.05) is 13.2 Å². The number of hydrogen-bond donors (Lipinski definition) is 2. The van der Waals surface area contributed by atoms with Crippen LogP contribution in [-0.4, -0.2) is 33.7 Å². The number of hydrogen-bond acceptors (Lipinski definition) is 5. The lowest BCUT2D eigenvalue weighted by molar-refractivity contribution is 0.0834. The van der Waals surface area contributed by atoms with Gasteiger partial charge in [0.05, 0.1) is 12.7 Å². The van der Waals surface area contributed by atoms with Crippen LogP contribution in [0, 0.1) is 6.92 Å². The summed E-state index contributed by atoms with van der Waals surface area (Å²) in [6, 6.07) is 2.37. The zero-order chi connectivity index (χ0) is 15.5. The molecule has 1 aliphatic rings. The Balaban J connectivity index is 1.90. The summed E-state index contributed by atoms with van der Waals surface area (Å²) < 4.78 is 32.7. The third kappa shape index (κ3) is 5.34. The van der Waals surface area contributed by atoms with Crippen molar-refractivity contribution in [3.63, 3.8) is 0 Å². The first-order valence-corrected chi connectivity index (χ1v) is 9.62. The van der Waals surface area contributed by atoms with Gasteiger partial charge in [-0.05, 0) is 45.2 Å². The molecular weight excluding hydrogens is 308 g/mol. The summed E-state index contributed by atoms with van der Waals surface area (Å²) in [5.41, 5.74) is 1.03. The Labute approximate surface area is 131 Å². The number of sulfonamides is 1. The van der Waals surface area contributed by atoms with Crippen LogP contribution in [0.5, 0.6) is 0 Å². The van der Waals surface area contributed by atoms with Crippen LogP contribution in [0.3, 0.4) is 0 Å². The number of aryl methyl sites for hydroxylation is 1. The average molecular weight is 332 g/mol. The molecule has 1 aliphatic carbocycles. The van der Waals surface area contributed by atoms with Gasteiger partial charge in [0.1, 0.15) is 4.21 Å². The van der Waals surface area contributed by atoms with Gasteiger partial charge in [-0.25, -0.2) is 13.1 Å². The lowest BCUT2D eigenvalue weighted by atomic mass is 10.3. The molecule has 2 N–H and O–H groups in total. The molecule has 21 heavy (non-hydrogen) atoms. The molecule has 0 saturated heterocycles. The first-order valence-electron chi connectivity index (χ1n) is 7.32. The zero-order valence-electron chi connectivity index (χ0n) is 12.8. The van der Waals surface area contributed by atoms with Gasteiger partial charge >= 0.3 is 0 Å².